The summed E-state index contributed by atoms with van der Waals surface area (Å²) in [7, 11) is 0. The number of nitrogens with one attached hydrogen (secondary N) is 1. The van der Waals surface area contributed by atoms with Crippen LogP contribution in [0.15, 0.2) is 30.3 Å². The molecule has 0 aromatic heterocycles. The van der Waals surface area contributed by atoms with Crippen LogP contribution in [0.4, 0.5) is 0 Å². The lowest BCUT2D eigenvalue weighted by Crippen LogP contribution is -2.39. The third-order valence-electron chi connectivity index (χ3n) is 2.16. The molecule has 88 valence electrons. The molecule has 0 spiro atoms. The van der Waals surface area contributed by atoms with E-state index in [9.17, 15) is 4.79 Å². The number of carbonyl (C=O) groups excluding carboxylic acids is 1. The molecule has 0 saturated carbocycles. The zero-order valence-corrected chi connectivity index (χ0v) is 10.1. The second kappa shape index (κ2) is 6.28. The Balaban J connectivity index is 2.35. The van der Waals surface area contributed by atoms with Crippen LogP contribution >= 0.6 is 0 Å². The van der Waals surface area contributed by atoms with Gasteiger partial charge in [0.25, 0.3) is 0 Å². The Morgan fingerprint density at radius 3 is 2.44 bits per heavy atom. The van der Waals surface area contributed by atoms with E-state index in [0.717, 1.165) is 5.56 Å². The van der Waals surface area contributed by atoms with Gasteiger partial charge in [-0.3, -0.25) is 4.79 Å². The first-order valence-electron chi connectivity index (χ1n) is 5.56. The first-order valence-corrected chi connectivity index (χ1v) is 5.56. The summed E-state index contributed by atoms with van der Waals surface area (Å²) >= 11 is 0. The minimum absolute atomic E-state index is 0.211. The molecule has 0 saturated heterocycles. The van der Waals surface area contributed by atoms with Gasteiger partial charge in [-0.05, 0) is 12.5 Å². The molecule has 0 heterocycles. The van der Waals surface area contributed by atoms with Crippen molar-refractivity contribution >= 4 is 5.97 Å². The minimum Gasteiger partial charge on any atom is -0.460 e. The molecule has 0 aliphatic carbocycles. The van der Waals surface area contributed by atoms with Gasteiger partial charge < -0.3 is 10.1 Å². The number of ether oxygens (including phenoxy) is 1. The molecule has 1 N–H and O–H groups in total. The Morgan fingerprint density at radius 1 is 1.25 bits per heavy atom. The van der Waals surface area contributed by atoms with Crippen molar-refractivity contribution in [3.63, 3.8) is 0 Å². The van der Waals surface area contributed by atoms with Gasteiger partial charge in [-0.15, -0.1) is 0 Å². The Morgan fingerprint density at radius 2 is 1.88 bits per heavy atom. The number of hydrogen-bond acceptors (Lipinski definition) is 3. The lowest BCUT2D eigenvalue weighted by atomic mass is 10.2. The van der Waals surface area contributed by atoms with E-state index in [0.29, 0.717) is 6.61 Å². The molecular formula is C13H19NO2. The van der Waals surface area contributed by atoms with Crippen LogP contribution in [0.25, 0.3) is 0 Å². The van der Waals surface area contributed by atoms with Crippen LogP contribution in [0, 0.1) is 0 Å². The fraction of sp³-hybridized carbons (Fsp3) is 0.462. The lowest BCUT2D eigenvalue weighted by Gasteiger charge is -2.15. The number of benzene rings is 1. The van der Waals surface area contributed by atoms with Crippen LogP contribution in [0.5, 0.6) is 0 Å². The predicted octanol–water partition coefficient (Wildman–Crippen LogP) is 2.12. The van der Waals surface area contributed by atoms with Crippen LogP contribution in [0.1, 0.15) is 26.3 Å². The van der Waals surface area contributed by atoms with Crippen molar-refractivity contribution in [1.29, 1.82) is 0 Å². The van der Waals surface area contributed by atoms with Crippen LogP contribution in [-0.2, 0) is 16.1 Å². The molecule has 1 aromatic rings. The number of carbonyl (C=O) groups is 1. The Labute approximate surface area is 96.8 Å². The molecule has 1 aromatic carbocycles. The number of hydrogen-bond donors (Lipinski definition) is 1. The Kier molecular flexibility index (Phi) is 4.99. The normalized spacial score (nSPS) is 12.5. The summed E-state index contributed by atoms with van der Waals surface area (Å²) in [5, 5.41) is 3.10. The third-order valence-corrected chi connectivity index (χ3v) is 2.16. The van der Waals surface area contributed by atoms with Crippen LogP contribution in [-0.4, -0.2) is 18.1 Å². The number of rotatable bonds is 5. The summed E-state index contributed by atoms with van der Waals surface area (Å²) in [5.41, 5.74) is 1.01. The first-order chi connectivity index (χ1) is 7.59. The molecule has 0 amide bonds. The highest BCUT2D eigenvalue weighted by molar-refractivity contribution is 5.75. The summed E-state index contributed by atoms with van der Waals surface area (Å²) in [4.78, 5) is 11.6. The van der Waals surface area contributed by atoms with Gasteiger partial charge in [-0.25, -0.2) is 0 Å². The van der Waals surface area contributed by atoms with E-state index >= 15 is 0 Å². The molecular weight excluding hydrogens is 202 g/mol. The summed E-state index contributed by atoms with van der Waals surface area (Å²) in [6, 6.07) is 9.69. The van der Waals surface area contributed by atoms with Gasteiger partial charge in [0, 0.05) is 6.04 Å². The number of esters is 1. The van der Waals surface area contributed by atoms with Crippen LogP contribution in [0.2, 0.25) is 0 Å². The third kappa shape index (κ3) is 4.45. The van der Waals surface area contributed by atoms with E-state index in [1.807, 2.05) is 51.1 Å². The molecule has 1 rings (SSSR count). The highest BCUT2D eigenvalue weighted by atomic mass is 16.5. The first kappa shape index (κ1) is 12.7. The zero-order valence-electron chi connectivity index (χ0n) is 10.1. The minimum atomic E-state index is -0.260. The monoisotopic (exact) mass is 221 g/mol. The van der Waals surface area contributed by atoms with E-state index in [2.05, 4.69) is 5.32 Å². The van der Waals surface area contributed by atoms with Crippen LogP contribution in [0.3, 0.4) is 0 Å². The van der Waals surface area contributed by atoms with Crippen molar-refractivity contribution in [1.82, 2.24) is 5.32 Å². The van der Waals surface area contributed by atoms with Gasteiger partial charge in [0.2, 0.25) is 0 Å². The van der Waals surface area contributed by atoms with E-state index in [1.165, 1.54) is 0 Å². The van der Waals surface area contributed by atoms with Gasteiger partial charge in [-0.2, -0.15) is 0 Å². The quantitative estimate of drug-likeness (QED) is 0.774. The lowest BCUT2D eigenvalue weighted by molar-refractivity contribution is -0.147. The van der Waals surface area contributed by atoms with Crippen molar-refractivity contribution in [2.75, 3.05) is 0 Å². The summed E-state index contributed by atoms with van der Waals surface area (Å²) in [5.74, 6) is -0.211. The molecule has 0 aliphatic heterocycles. The smallest absolute Gasteiger partial charge is 0.323 e. The van der Waals surface area contributed by atoms with Gasteiger partial charge in [0.05, 0.1) is 0 Å². The van der Waals surface area contributed by atoms with E-state index in [-0.39, 0.29) is 18.1 Å². The molecule has 0 unspecified atom stereocenters. The second-order valence-electron chi connectivity index (χ2n) is 4.14. The average molecular weight is 221 g/mol. The van der Waals surface area contributed by atoms with Gasteiger partial charge in [-0.1, -0.05) is 44.2 Å². The predicted molar refractivity (Wildman–Crippen MR) is 64.0 cm³/mol. The highest BCUT2D eigenvalue weighted by Gasteiger charge is 2.14. The zero-order chi connectivity index (χ0) is 12.0. The van der Waals surface area contributed by atoms with E-state index in [4.69, 9.17) is 4.74 Å². The molecule has 0 radical (unpaired) electrons. The second-order valence-corrected chi connectivity index (χ2v) is 4.14. The van der Waals surface area contributed by atoms with Crippen molar-refractivity contribution in [2.45, 2.75) is 39.5 Å². The largest absolute Gasteiger partial charge is 0.460 e. The summed E-state index contributed by atoms with van der Waals surface area (Å²) in [6.45, 7) is 6.15. The van der Waals surface area contributed by atoms with Gasteiger partial charge in [0.1, 0.15) is 12.6 Å². The molecule has 1 atom stereocenters. The summed E-state index contributed by atoms with van der Waals surface area (Å²) in [6.07, 6.45) is 0. The maximum Gasteiger partial charge on any atom is 0.323 e. The van der Waals surface area contributed by atoms with Crippen molar-refractivity contribution in [3.05, 3.63) is 35.9 Å². The fourth-order valence-electron chi connectivity index (χ4n) is 1.42. The maximum absolute atomic E-state index is 11.6. The standard InChI is InChI=1S/C13H19NO2/c1-10(2)14-11(3)13(15)16-9-12-7-5-4-6-8-12/h4-8,10-11,14H,9H2,1-3H3/t11-/m0/s1. The van der Waals surface area contributed by atoms with E-state index in [1.54, 1.807) is 0 Å². The molecule has 3 heteroatoms. The maximum atomic E-state index is 11.6. The van der Waals surface area contributed by atoms with Crippen LogP contribution < -0.4 is 5.32 Å². The molecule has 3 nitrogen and oxygen atoms in total. The molecule has 0 fully saturated rings. The van der Waals surface area contributed by atoms with Crippen molar-refractivity contribution in [2.24, 2.45) is 0 Å². The topological polar surface area (TPSA) is 38.3 Å². The van der Waals surface area contributed by atoms with Crippen molar-refractivity contribution in [3.8, 4) is 0 Å². The van der Waals surface area contributed by atoms with E-state index < -0.39 is 0 Å². The Bertz CT molecular complexity index is 322. The van der Waals surface area contributed by atoms with Gasteiger partial charge in [0.15, 0.2) is 0 Å². The molecule has 16 heavy (non-hydrogen) atoms. The van der Waals surface area contributed by atoms with Gasteiger partial charge >= 0.3 is 5.97 Å². The Hall–Kier alpha value is -1.35. The highest BCUT2D eigenvalue weighted by Crippen LogP contribution is 2.02. The molecule has 0 bridgehead atoms. The fourth-order valence-corrected chi connectivity index (χ4v) is 1.42. The molecule has 0 aliphatic rings. The van der Waals surface area contributed by atoms with Crippen molar-refractivity contribution < 1.29 is 9.53 Å². The average Bonchev–Trinajstić information content (AvgIpc) is 2.26. The SMILES string of the molecule is CC(C)N[C@@H](C)C(=O)OCc1ccccc1. The summed E-state index contributed by atoms with van der Waals surface area (Å²) < 4.78 is 5.19.